The third-order valence-corrected chi connectivity index (χ3v) is 6.79. The second-order valence-electron chi connectivity index (χ2n) is 5.72. The lowest BCUT2D eigenvalue weighted by atomic mass is 9.73. The summed E-state index contributed by atoms with van der Waals surface area (Å²) in [6.45, 7) is 0. The normalized spacial score (nSPS) is 16.6. The molecule has 20 heavy (non-hydrogen) atoms. The fourth-order valence-corrected chi connectivity index (χ4v) is 5.50. The Morgan fingerprint density at radius 2 is 1.90 bits per heavy atom. The van der Waals surface area contributed by atoms with Crippen molar-refractivity contribution in [2.45, 2.75) is 32.1 Å². The molecule has 1 aromatic carbocycles. The molecule has 0 heterocycles. The van der Waals surface area contributed by atoms with E-state index in [1.54, 1.807) is 6.07 Å². The molecule has 1 nitrogen and oxygen atoms in total. The highest BCUT2D eigenvalue weighted by Gasteiger charge is 2.39. The molecule has 0 unspecified atom stereocenters. The van der Waals surface area contributed by atoms with Gasteiger partial charge in [-0.25, -0.2) is 4.39 Å². The molecule has 4 heteroatoms. The average molecular weight is 408 g/mol. The van der Waals surface area contributed by atoms with E-state index in [0.717, 1.165) is 22.6 Å². The number of benzene rings is 1. The van der Waals surface area contributed by atoms with Crippen molar-refractivity contribution in [3.05, 3.63) is 29.6 Å². The minimum Gasteiger partial charge on any atom is -0.494 e. The second kappa shape index (κ2) is 7.26. The molecule has 0 aromatic heterocycles. The molecule has 0 atom stereocenters. The summed E-state index contributed by atoms with van der Waals surface area (Å²) in [4.78, 5) is 0. The van der Waals surface area contributed by atoms with Crippen LogP contribution in [0, 0.1) is 17.2 Å². The van der Waals surface area contributed by atoms with E-state index in [2.05, 4.69) is 31.9 Å². The van der Waals surface area contributed by atoms with E-state index in [0.29, 0.717) is 11.7 Å². The number of rotatable bonds is 6. The number of ether oxygens (including phenoxy) is 1. The van der Waals surface area contributed by atoms with Crippen LogP contribution in [0.15, 0.2) is 18.2 Å². The maximum Gasteiger partial charge on any atom is 0.168 e. The van der Waals surface area contributed by atoms with E-state index >= 15 is 0 Å². The van der Waals surface area contributed by atoms with Crippen molar-refractivity contribution in [3.8, 4) is 5.75 Å². The Hall–Kier alpha value is -0.0900. The zero-order valence-electron chi connectivity index (χ0n) is 11.8. The first-order valence-electron chi connectivity index (χ1n) is 7.10. The summed E-state index contributed by atoms with van der Waals surface area (Å²) in [6.07, 6.45) is 5.85. The van der Waals surface area contributed by atoms with Crippen LogP contribution < -0.4 is 4.74 Å². The fraction of sp³-hybridized carbons (Fsp3) is 0.625. The van der Waals surface area contributed by atoms with Gasteiger partial charge in [-0.15, -0.1) is 0 Å². The first kappa shape index (κ1) is 16.3. The number of halogens is 3. The van der Waals surface area contributed by atoms with Gasteiger partial charge in [-0.3, -0.25) is 0 Å². The van der Waals surface area contributed by atoms with Gasteiger partial charge in [0.2, 0.25) is 0 Å². The Morgan fingerprint density at radius 3 is 2.45 bits per heavy atom. The Bertz CT molecular complexity index is 440. The molecule has 1 aromatic rings. The monoisotopic (exact) mass is 406 g/mol. The Morgan fingerprint density at radius 1 is 1.25 bits per heavy atom. The SMILES string of the molecule is COc1cccc(CC(CBr)(CBr)C2CCCC2)c1F. The predicted octanol–water partition coefficient (Wildman–Crippen LogP) is 5.34. The third kappa shape index (κ3) is 3.22. The van der Waals surface area contributed by atoms with Crippen molar-refractivity contribution in [2.75, 3.05) is 17.8 Å². The quantitative estimate of drug-likeness (QED) is 0.578. The van der Waals surface area contributed by atoms with Crippen LogP contribution in [0.5, 0.6) is 5.75 Å². The molecule has 0 spiro atoms. The Balaban J connectivity index is 2.28. The molecule has 1 fully saturated rings. The van der Waals surface area contributed by atoms with Gasteiger partial charge < -0.3 is 4.74 Å². The van der Waals surface area contributed by atoms with E-state index < -0.39 is 0 Å². The molecule has 0 amide bonds. The number of hydrogen-bond acceptors (Lipinski definition) is 1. The maximum atomic E-state index is 14.4. The molecule has 0 saturated heterocycles. The lowest BCUT2D eigenvalue weighted by Gasteiger charge is -2.36. The number of alkyl halides is 2. The molecule has 0 aliphatic heterocycles. The van der Waals surface area contributed by atoms with Gasteiger partial charge >= 0.3 is 0 Å². The largest absolute Gasteiger partial charge is 0.494 e. The summed E-state index contributed by atoms with van der Waals surface area (Å²) < 4.78 is 19.5. The van der Waals surface area contributed by atoms with Crippen LogP contribution in [0.1, 0.15) is 31.2 Å². The second-order valence-corrected chi connectivity index (χ2v) is 6.84. The highest BCUT2D eigenvalue weighted by Crippen LogP contribution is 2.45. The first-order chi connectivity index (χ1) is 9.66. The standard InChI is InChI=1S/C16H21Br2FO/c1-20-14-8-4-5-12(15(14)19)9-16(10-17,11-18)13-6-2-3-7-13/h4-5,8,13H,2-3,6-7,9-11H2,1H3. The molecule has 0 radical (unpaired) electrons. The van der Waals surface area contributed by atoms with Crippen LogP contribution in [-0.4, -0.2) is 17.8 Å². The van der Waals surface area contributed by atoms with Gasteiger partial charge in [-0.2, -0.15) is 0 Å². The summed E-state index contributed by atoms with van der Waals surface area (Å²) in [5.41, 5.74) is 0.846. The van der Waals surface area contributed by atoms with Crippen LogP contribution in [0.3, 0.4) is 0 Å². The zero-order valence-corrected chi connectivity index (χ0v) is 15.0. The Labute approximate surface area is 137 Å². The van der Waals surface area contributed by atoms with Crippen LogP contribution in [-0.2, 0) is 6.42 Å². The van der Waals surface area contributed by atoms with E-state index in [4.69, 9.17) is 4.74 Å². The van der Waals surface area contributed by atoms with Gasteiger partial charge in [0.05, 0.1) is 7.11 Å². The van der Waals surface area contributed by atoms with E-state index in [-0.39, 0.29) is 11.2 Å². The van der Waals surface area contributed by atoms with Gasteiger partial charge in [0.15, 0.2) is 11.6 Å². The molecule has 112 valence electrons. The van der Waals surface area contributed by atoms with Gasteiger partial charge in [0.25, 0.3) is 0 Å². The smallest absolute Gasteiger partial charge is 0.168 e. The number of methoxy groups -OCH3 is 1. The minimum atomic E-state index is -0.209. The summed E-state index contributed by atoms with van der Waals surface area (Å²) in [5.74, 6) is 0.790. The molecule has 2 rings (SSSR count). The summed E-state index contributed by atoms with van der Waals surface area (Å²) in [6, 6.07) is 5.43. The lowest BCUT2D eigenvalue weighted by molar-refractivity contribution is 0.230. The molecular weight excluding hydrogens is 387 g/mol. The molecule has 0 bridgehead atoms. The lowest BCUT2D eigenvalue weighted by Crippen LogP contribution is -2.35. The molecule has 1 aliphatic rings. The third-order valence-electron chi connectivity index (χ3n) is 4.56. The van der Waals surface area contributed by atoms with E-state index in [1.807, 2.05) is 12.1 Å². The van der Waals surface area contributed by atoms with Gasteiger partial charge in [0.1, 0.15) is 0 Å². The molecule has 1 saturated carbocycles. The van der Waals surface area contributed by atoms with Crippen LogP contribution in [0.4, 0.5) is 4.39 Å². The van der Waals surface area contributed by atoms with Crippen molar-refractivity contribution >= 4 is 31.9 Å². The fourth-order valence-electron chi connectivity index (χ4n) is 3.26. The number of hydrogen-bond donors (Lipinski definition) is 0. The zero-order chi connectivity index (χ0) is 14.6. The first-order valence-corrected chi connectivity index (χ1v) is 9.34. The maximum absolute atomic E-state index is 14.4. The summed E-state index contributed by atoms with van der Waals surface area (Å²) in [7, 11) is 1.52. The van der Waals surface area contributed by atoms with Crippen molar-refractivity contribution in [2.24, 2.45) is 11.3 Å². The van der Waals surface area contributed by atoms with Crippen LogP contribution in [0.2, 0.25) is 0 Å². The summed E-state index contributed by atoms with van der Waals surface area (Å²) in [5, 5.41) is 1.79. The van der Waals surface area contributed by atoms with E-state index in [1.165, 1.54) is 32.8 Å². The summed E-state index contributed by atoms with van der Waals surface area (Å²) >= 11 is 7.35. The van der Waals surface area contributed by atoms with Gasteiger partial charge in [-0.05, 0) is 42.2 Å². The van der Waals surface area contributed by atoms with Crippen molar-refractivity contribution in [1.29, 1.82) is 0 Å². The van der Waals surface area contributed by atoms with Gasteiger partial charge in [0, 0.05) is 10.7 Å². The molecule has 1 aliphatic carbocycles. The minimum absolute atomic E-state index is 0.0870. The topological polar surface area (TPSA) is 9.23 Å². The van der Waals surface area contributed by atoms with Crippen LogP contribution in [0.25, 0.3) is 0 Å². The highest BCUT2D eigenvalue weighted by atomic mass is 79.9. The predicted molar refractivity (Wildman–Crippen MR) is 88.6 cm³/mol. The average Bonchev–Trinajstić information content (AvgIpc) is 3.01. The Kier molecular flexibility index (Phi) is 5.91. The molecule has 0 N–H and O–H groups in total. The van der Waals surface area contributed by atoms with Crippen molar-refractivity contribution in [3.63, 3.8) is 0 Å². The van der Waals surface area contributed by atoms with Gasteiger partial charge in [-0.1, -0.05) is 56.8 Å². The van der Waals surface area contributed by atoms with Crippen molar-refractivity contribution < 1.29 is 9.13 Å². The highest BCUT2D eigenvalue weighted by molar-refractivity contribution is 9.09. The van der Waals surface area contributed by atoms with Crippen LogP contribution >= 0.6 is 31.9 Å². The molecular formula is C16H21Br2FO. The van der Waals surface area contributed by atoms with Crippen molar-refractivity contribution in [1.82, 2.24) is 0 Å². The van der Waals surface area contributed by atoms with E-state index in [9.17, 15) is 4.39 Å².